The summed E-state index contributed by atoms with van der Waals surface area (Å²) in [6.45, 7) is 3.91. The molecule has 1 aromatic heterocycles. The summed E-state index contributed by atoms with van der Waals surface area (Å²) in [5.41, 5.74) is 3.00. The van der Waals surface area contributed by atoms with E-state index in [2.05, 4.69) is 22.8 Å². The second-order valence-electron chi connectivity index (χ2n) is 7.30. The van der Waals surface area contributed by atoms with Crippen LogP contribution >= 0.6 is 11.3 Å². The second-order valence-corrected chi connectivity index (χ2v) is 8.28. The Bertz CT molecular complexity index is 1010. The van der Waals surface area contributed by atoms with Crippen molar-refractivity contribution in [2.24, 2.45) is 0 Å². The lowest BCUT2D eigenvalue weighted by molar-refractivity contribution is -0.118. The molecule has 0 aliphatic rings. The summed E-state index contributed by atoms with van der Waals surface area (Å²) in [6, 6.07) is 21.3. The Morgan fingerprint density at radius 1 is 1.03 bits per heavy atom. The summed E-state index contributed by atoms with van der Waals surface area (Å²) >= 11 is 1.51. The lowest BCUT2D eigenvalue weighted by Crippen LogP contribution is -2.39. The summed E-state index contributed by atoms with van der Waals surface area (Å²) in [7, 11) is 0. The van der Waals surface area contributed by atoms with Crippen molar-refractivity contribution in [3.05, 3.63) is 99.4 Å². The Kier molecular flexibility index (Phi) is 7.57. The van der Waals surface area contributed by atoms with E-state index in [1.807, 2.05) is 61.7 Å². The van der Waals surface area contributed by atoms with Crippen molar-refractivity contribution in [1.29, 1.82) is 0 Å². The van der Waals surface area contributed by atoms with Gasteiger partial charge >= 0.3 is 0 Å². The Morgan fingerprint density at radius 3 is 2.53 bits per heavy atom. The van der Waals surface area contributed by atoms with Gasteiger partial charge in [-0.15, -0.1) is 11.3 Å². The lowest BCUT2D eigenvalue weighted by Gasteiger charge is -2.16. The predicted molar refractivity (Wildman–Crippen MR) is 123 cm³/mol. The molecule has 3 rings (SSSR count). The van der Waals surface area contributed by atoms with Gasteiger partial charge in [0.25, 0.3) is 11.8 Å². The van der Waals surface area contributed by atoms with Gasteiger partial charge in [-0.1, -0.05) is 54.1 Å². The van der Waals surface area contributed by atoms with E-state index < -0.39 is 0 Å². The highest BCUT2D eigenvalue weighted by Crippen LogP contribution is 2.14. The average molecular weight is 419 g/mol. The number of benzene rings is 2. The Balaban J connectivity index is 1.68. The highest BCUT2D eigenvalue weighted by Gasteiger charge is 2.17. The number of carbonyl (C=O) groups excluding carboxylic acids is 2. The molecule has 1 heterocycles. The number of hydrogen-bond acceptors (Lipinski definition) is 3. The number of thiophene rings is 1. The number of amides is 2. The number of rotatable bonds is 8. The number of hydrogen-bond donors (Lipinski definition) is 2. The molecule has 154 valence electrons. The van der Waals surface area contributed by atoms with Crippen LogP contribution in [0.4, 0.5) is 0 Å². The minimum atomic E-state index is -0.298. The van der Waals surface area contributed by atoms with Gasteiger partial charge < -0.3 is 10.6 Å². The SMILES string of the molecule is Cc1cccc(C(=O)N/C(=C\c2cccs2)C(=O)N[C@H](C)CCc2ccccc2)c1. The zero-order valence-corrected chi connectivity index (χ0v) is 18.0. The summed E-state index contributed by atoms with van der Waals surface area (Å²) in [6.07, 6.45) is 3.41. The standard InChI is InChI=1S/C25H26N2O2S/c1-18-8-6-11-21(16-18)24(28)27-23(17-22-12-7-15-30-22)25(29)26-19(2)13-14-20-9-4-3-5-10-20/h3-12,15-17,19H,13-14H2,1-2H3,(H,26,29)(H,27,28)/b23-17-/t19-/m1/s1. The highest BCUT2D eigenvalue weighted by atomic mass is 32.1. The number of aryl methyl sites for hydroxylation is 2. The molecule has 0 aliphatic carbocycles. The van der Waals surface area contributed by atoms with Crippen LogP contribution in [0.25, 0.3) is 6.08 Å². The maximum Gasteiger partial charge on any atom is 0.268 e. The Morgan fingerprint density at radius 2 is 1.83 bits per heavy atom. The van der Waals surface area contributed by atoms with Crippen molar-refractivity contribution >= 4 is 29.2 Å². The molecule has 3 aromatic rings. The van der Waals surface area contributed by atoms with E-state index in [1.54, 1.807) is 18.2 Å². The third-order valence-electron chi connectivity index (χ3n) is 4.69. The molecule has 0 saturated carbocycles. The van der Waals surface area contributed by atoms with Gasteiger partial charge in [-0.3, -0.25) is 9.59 Å². The van der Waals surface area contributed by atoms with E-state index in [1.165, 1.54) is 16.9 Å². The lowest BCUT2D eigenvalue weighted by atomic mass is 10.1. The number of carbonyl (C=O) groups is 2. The van der Waals surface area contributed by atoms with E-state index in [0.29, 0.717) is 5.56 Å². The van der Waals surface area contributed by atoms with Gasteiger partial charge in [-0.25, -0.2) is 0 Å². The molecule has 2 aromatic carbocycles. The van der Waals surface area contributed by atoms with Crippen LogP contribution in [0.15, 0.2) is 77.8 Å². The molecule has 0 aliphatic heterocycles. The monoisotopic (exact) mass is 418 g/mol. The molecule has 2 N–H and O–H groups in total. The molecule has 0 bridgehead atoms. The van der Waals surface area contributed by atoms with Crippen LogP contribution in [0.5, 0.6) is 0 Å². The van der Waals surface area contributed by atoms with E-state index >= 15 is 0 Å². The maximum atomic E-state index is 12.9. The normalized spacial score (nSPS) is 12.3. The van der Waals surface area contributed by atoms with Gasteiger partial charge in [0.2, 0.25) is 0 Å². The topological polar surface area (TPSA) is 58.2 Å². The van der Waals surface area contributed by atoms with Gasteiger partial charge in [0.15, 0.2) is 0 Å². The first-order valence-electron chi connectivity index (χ1n) is 9.99. The quantitative estimate of drug-likeness (QED) is 0.508. The van der Waals surface area contributed by atoms with Crippen LogP contribution in [0.2, 0.25) is 0 Å². The first-order valence-corrected chi connectivity index (χ1v) is 10.9. The van der Waals surface area contributed by atoms with Crippen molar-refractivity contribution in [2.75, 3.05) is 0 Å². The minimum Gasteiger partial charge on any atom is -0.348 e. The molecular weight excluding hydrogens is 392 g/mol. The largest absolute Gasteiger partial charge is 0.348 e. The summed E-state index contributed by atoms with van der Waals surface area (Å²) < 4.78 is 0. The van der Waals surface area contributed by atoms with Crippen LogP contribution < -0.4 is 10.6 Å². The Hall–Kier alpha value is -3.18. The van der Waals surface area contributed by atoms with Crippen LogP contribution in [-0.4, -0.2) is 17.9 Å². The van der Waals surface area contributed by atoms with Crippen molar-refractivity contribution < 1.29 is 9.59 Å². The van der Waals surface area contributed by atoms with E-state index in [0.717, 1.165) is 23.3 Å². The fraction of sp³-hybridized carbons (Fsp3) is 0.200. The second kappa shape index (κ2) is 10.6. The zero-order chi connectivity index (χ0) is 21.3. The zero-order valence-electron chi connectivity index (χ0n) is 17.2. The van der Waals surface area contributed by atoms with Crippen LogP contribution in [-0.2, 0) is 11.2 Å². The molecule has 0 spiro atoms. The van der Waals surface area contributed by atoms with Crippen molar-refractivity contribution in [3.8, 4) is 0 Å². The molecule has 0 fully saturated rings. The molecule has 5 heteroatoms. The maximum absolute atomic E-state index is 12.9. The fourth-order valence-corrected chi connectivity index (χ4v) is 3.71. The van der Waals surface area contributed by atoms with Crippen LogP contribution in [0.1, 0.15) is 39.7 Å². The summed E-state index contributed by atoms with van der Waals surface area (Å²) in [5, 5.41) is 7.74. The van der Waals surface area contributed by atoms with Crippen LogP contribution in [0, 0.1) is 6.92 Å². The molecule has 0 radical (unpaired) electrons. The predicted octanol–water partition coefficient (Wildman–Crippen LogP) is 4.96. The molecule has 0 unspecified atom stereocenters. The van der Waals surface area contributed by atoms with E-state index in [4.69, 9.17) is 0 Å². The fourth-order valence-electron chi connectivity index (χ4n) is 3.06. The third-order valence-corrected chi connectivity index (χ3v) is 5.51. The smallest absolute Gasteiger partial charge is 0.268 e. The van der Waals surface area contributed by atoms with Crippen molar-refractivity contribution in [2.45, 2.75) is 32.7 Å². The molecule has 2 amide bonds. The molecule has 1 atom stereocenters. The Labute approximate surface area is 181 Å². The van der Waals surface area contributed by atoms with Crippen LogP contribution in [0.3, 0.4) is 0 Å². The van der Waals surface area contributed by atoms with Gasteiger partial charge in [0, 0.05) is 16.5 Å². The molecule has 0 saturated heterocycles. The highest BCUT2D eigenvalue weighted by molar-refractivity contribution is 7.10. The molecule has 4 nitrogen and oxygen atoms in total. The summed E-state index contributed by atoms with van der Waals surface area (Å²) in [4.78, 5) is 26.5. The van der Waals surface area contributed by atoms with Crippen molar-refractivity contribution in [3.63, 3.8) is 0 Å². The van der Waals surface area contributed by atoms with Crippen molar-refractivity contribution in [1.82, 2.24) is 10.6 Å². The number of nitrogens with one attached hydrogen (secondary N) is 2. The minimum absolute atomic E-state index is 0.0275. The molecular formula is C25H26N2O2S. The van der Waals surface area contributed by atoms with Gasteiger partial charge in [-0.05, 0) is 61.9 Å². The molecule has 30 heavy (non-hydrogen) atoms. The first-order chi connectivity index (χ1) is 14.5. The van der Waals surface area contributed by atoms with E-state index in [-0.39, 0.29) is 23.6 Å². The summed E-state index contributed by atoms with van der Waals surface area (Å²) in [5.74, 6) is -0.585. The van der Waals surface area contributed by atoms with Gasteiger partial charge in [0.1, 0.15) is 5.70 Å². The van der Waals surface area contributed by atoms with Gasteiger partial charge in [0.05, 0.1) is 0 Å². The van der Waals surface area contributed by atoms with Gasteiger partial charge in [-0.2, -0.15) is 0 Å². The third kappa shape index (κ3) is 6.42. The first kappa shape index (κ1) is 21.5. The average Bonchev–Trinajstić information content (AvgIpc) is 3.25. The van der Waals surface area contributed by atoms with E-state index in [9.17, 15) is 9.59 Å².